The fourth-order valence-electron chi connectivity index (χ4n) is 0.539. The van der Waals surface area contributed by atoms with Crippen LogP contribution in [0.4, 0.5) is 0 Å². The van der Waals surface area contributed by atoms with E-state index in [1.807, 2.05) is 0 Å². The molecule has 0 aromatic carbocycles. The number of ether oxygens (including phenoxy) is 1. The third-order valence-electron chi connectivity index (χ3n) is 0.902. The summed E-state index contributed by atoms with van der Waals surface area (Å²) in [6.07, 6.45) is 0. The first kappa shape index (κ1) is 13.5. The van der Waals surface area contributed by atoms with Crippen molar-refractivity contribution in [2.24, 2.45) is 11.8 Å². The summed E-state index contributed by atoms with van der Waals surface area (Å²) in [5, 5.41) is 7.00. The molecule has 0 saturated heterocycles. The van der Waals surface area contributed by atoms with Crippen LogP contribution in [0.3, 0.4) is 0 Å². The maximum Gasteiger partial charge on any atom is 0.0489 e. The van der Waals surface area contributed by atoms with Crippen LogP contribution in [0.2, 0.25) is 0 Å². The van der Waals surface area contributed by atoms with Crippen LogP contribution in [0.25, 0.3) is 0 Å². The van der Waals surface area contributed by atoms with Crippen molar-refractivity contribution in [1.29, 1.82) is 0 Å². The second-order valence-corrected chi connectivity index (χ2v) is 3.33. The van der Waals surface area contributed by atoms with Gasteiger partial charge in [0.05, 0.1) is 0 Å². The molecule has 11 heavy (non-hydrogen) atoms. The SMILES string of the molecule is CC(C)COCC(C)C.CO. The molecule has 0 aliphatic rings. The summed E-state index contributed by atoms with van der Waals surface area (Å²) < 4.78 is 5.36. The zero-order valence-electron chi connectivity index (χ0n) is 8.42. The summed E-state index contributed by atoms with van der Waals surface area (Å²) in [6.45, 7) is 10.5. The zero-order chi connectivity index (χ0) is 9.28. The number of hydrogen-bond acceptors (Lipinski definition) is 2. The zero-order valence-corrected chi connectivity index (χ0v) is 8.42. The molecule has 0 rings (SSSR count). The Labute approximate surface area is 70.6 Å². The summed E-state index contributed by atoms with van der Waals surface area (Å²) in [5.74, 6) is 1.34. The number of aliphatic hydroxyl groups excluding tert-OH is 1. The van der Waals surface area contributed by atoms with E-state index in [-0.39, 0.29) is 0 Å². The highest BCUT2D eigenvalue weighted by atomic mass is 16.5. The van der Waals surface area contributed by atoms with Crippen molar-refractivity contribution in [2.45, 2.75) is 27.7 Å². The van der Waals surface area contributed by atoms with Crippen molar-refractivity contribution in [1.82, 2.24) is 0 Å². The van der Waals surface area contributed by atoms with Gasteiger partial charge in [-0.1, -0.05) is 27.7 Å². The molecule has 0 radical (unpaired) electrons. The van der Waals surface area contributed by atoms with Gasteiger partial charge in [0.1, 0.15) is 0 Å². The third-order valence-corrected chi connectivity index (χ3v) is 0.902. The smallest absolute Gasteiger partial charge is 0.0489 e. The molecule has 0 fully saturated rings. The van der Waals surface area contributed by atoms with Gasteiger partial charge in [0.15, 0.2) is 0 Å². The average Bonchev–Trinajstić information content (AvgIpc) is 1.90. The molecule has 2 heteroatoms. The van der Waals surface area contributed by atoms with Gasteiger partial charge in [-0.15, -0.1) is 0 Å². The lowest BCUT2D eigenvalue weighted by molar-refractivity contribution is 0.0886. The molecule has 0 aromatic heterocycles. The minimum absolute atomic E-state index is 0.670. The van der Waals surface area contributed by atoms with Crippen molar-refractivity contribution in [2.75, 3.05) is 20.3 Å². The highest BCUT2D eigenvalue weighted by molar-refractivity contribution is 4.42. The maximum atomic E-state index is 7.00. The van der Waals surface area contributed by atoms with Gasteiger partial charge in [0.2, 0.25) is 0 Å². The van der Waals surface area contributed by atoms with Crippen LogP contribution in [0.1, 0.15) is 27.7 Å². The monoisotopic (exact) mass is 162 g/mol. The Morgan fingerprint density at radius 1 is 0.909 bits per heavy atom. The Bertz CT molecular complexity index is 52.6. The topological polar surface area (TPSA) is 29.5 Å². The molecule has 0 bridgehead atoms. The average molecular weight is 162 g/mol. The molecule has 0 aromatic rings. The highest BCUT2D eigenvalue weighted by Crippen LogP contribution is 1.96. The predicted molar refractivity (Wildman–Crippen MR) is 48.6 cm³/mol. The molecule has 0 saturated carbocycles. The number of hydrogen-bond donors (Lipinski definition) is 1. The van der Waals surface area contributed by atoms with Crippen molar-refractivity contribution in [3.05, 3.63) is 0 Å². The van der Waals surface area contributed by atoms with Crippen molar-refractivity contribution < 1.29 is 9.84 Å². The van der Waals surface area contributed by atoms with Crippen LogP contribution in [0.5, 0.6) is 0 Å². The van der Waals surface area contributed by atoms with E-state index in [0.29, 0.717) is 11.8 Å². The quantitative estimate of drug-likeness (QED) is 0.684. The van der Waals surface area contributed by atoms with E-state index in [2.05, 4.69) is 27.7 Å². The largest absolute Gasteiger partial charge is 0.400 e. The maximum absolute atomic E-state index is 7.00. The Balaban J connectivity index is 0. The molecule has 1 N–H and O–H groups in total. The standard InChI is InChI=1S/C8H18O.CH4O/c1-7(2)5-9-6-8(3)4;1-2/h7-8H,5-6H2,1-4H3;2H,1H3. The Hall–Kier alpha value is -0.0800. The molecular weight excluding hydrogens is 140 g/mol. The fourth-order valence-corrected chi connectivity index (χ4v) is 0.539. The van der Waals surface area contributed by atoms with Crippen molar-refractivity contribution in [3.8, 4) is 0 Å². The van der Waals surface area contributed by atoms with Crippen LogP contribution < -0.4 is 0 Å². The van der Waals surface area contributed by atoms with Gasteiger partial charge in [-0.25, -0.2) is 0 Å². The lowest BCUT2D eigenvalue weighted by Crippen LogP contribution is -2.06. The van der Waals surface area contributed by atoms with Crippen LogP contribution in [-0.4, -0.2) is 25.4 Å². The fraction of sp³-hybridized carbons (Fsp3) is 1.00. The van der Waals surface area contributed by atoms with E-state index >= 15 is 0 Å². The van der Waals surface area contributed by atoms with Gasteiger partial charge >= 0.3 is 0 Å². The Kier molecular flexibility index (Phi) is 12.2. The summed E-state index contributed by atoms with van der Waals surface area (Å²) in [4.78, 5) is 0. The minimum Gasteiger partial charge on any atom is -0.400 e. The summed E-state index contributed by atoms with van der Waals surface area (Å²) in [7, 11) is 1.00. The highest BCUT2D eigenvalue weighted by Gasteiger charge is 1.95. The molecule has 0 unspecified atom stereocenters. The van der Waals surface area contributed by atoms with E-state index in [9.17, 15) is 0 Å². The van der Waals surface area contributed by atoms with Gasteiger partial charge in [-0.2, -0.15) is 0 Å². The molecule has 0 aliphatic carbocycles. The molecule has 2 nitrogen and oxygen atoms in total. The first-order valence-electron chi connectivity index (χ1n) is 4.15. The normalized spacial score (nSPS) is 9.82. The van der Waals surface area contributed by atoms with Crippen LogP contribution in [-0.2, 0) is 4.74 Å². The summed E-state index contributed by atoms with van der Waals surface area (Å²) in [5.41, 5.74) is 0. The minimum atomic E-state index is 0.670. The van der Waals surface area contributed by atoms with E-state index in [4.69, 9.17) is 9.84 Å². The van der Waals surface area contributed by atoms with Gasteiger partial charge < -0.3 is 9.84 Å². The van der Waals surface area contributed by atoms with Crippen molar-refractivity contribution >= 4 is 0 Å². The summed E-state index contributed by atoms with van der Waals surface area (Å²) >= 11 is 0. The van der Waals surface area contributed by atoms with E-state index in [1.54, 1.807) is 0 Å². The van der Waals surface area contributed by atoms with E-state index in [0.717, 1.165) is 20.3 Å². The van der Waals surface area contributed by atoms with Gasteiger partial charge in [0.25, 0.3) is 0 Å². The predicted octanol–water partition coefficient (Wildman–Crippen LogP) is 1.92. The van der Waals surface area contributed by atoms with E-state index in [1.165, 1.54) is 0 Å². The third kappa shape index (κ3) is 17.8. The molecular formula is C9H22O2. The molecule has 0 aliphatic heterocycles. The number of aliphatic hydroxyl groups is 1. The van der Waals surface area contributed by atoms with E-state index < -0.39 is 0 Å². The molecule has 0 spiro atoms. The first-order chi connectivity index (χ1) is 5.13. The van der Waals surface area contributed by atoms with Crippen molar-refractivity contribution in [3.63, 3.8) is 0 Å². The lowest BCUT2D eigenvalue weighted by atomic mass is 10.2. The Morgan fingerprint density at radius 3 is 1.36 bits per heavy atom. The van der Waals surface area contributed by atoms with Gasteiger partial charge in [-0.3, -0.25) is 0 Å². The van der Waals surface area contributed by atoms with Crippen LogP contribution >= 0.6 is 0 Å². The second kappa shape index (κ2) is 9.92. The second-order valence-electron chi connectivity index (χ2n) is 3.33. The van der Waals surface area contributed by atoms with Crippen LogP contribution in [0.15, 0.2) is 0 Å². The van der Waals surface area contributed by atoms with Gasteiger partial charge in [0, 0.05) is 20.3 Å². The molecule has 0 heterocycles. The first-order valence-corrected chi connectivity index (χ1v) is 4.15. The molecule has 0 amide bonds. The summed E-state index contributed by atoms with van der Waals surface area (Å²) in [6, 6.07) is 0. The number of rotatable bonds is 4. The van der Waals surface area contributed by atoms with Gasteiger partial charge in [-0.05, 0) is 11.8 Å². The molecule has 70 valence electrons. The molecule has 0 atom stereocenters. The van der Waals surface area contributed by atoms with Crippen LogP contribution in [0, 0.1) is 11.8 Å². The Morgan fingerprint density at radius 2 is 1.18 bits per heavy atom. The lowest BCUT2D eigenvalue weighted by Gasteiger charge is -2.07.